The first-order chi connectivity index (χ1) is 12.8. The number of benzene rings is 1. The van der Waals surface area contributed by atoms with Crippen LogP contribution in [0.4, 0.5) is 0 Å². The molecule has 1 fully saturated rings. The Morgan fingerprint density at radius 2 is 2.12 bits per heavy atom. The first kappa shape index (κ1) is 20.3. The Morgan fingerprint density at radius 1 is 1.31 bits per heavy atom. The lowest BCUT2D eigenvalue weighted by Crippen LogP contribution is -2.42. The van der Waals surface area contributed by atoms with Gasteiger partial charge in [-0.25, -0.2) is 0 Å². The van der Waals surface area contributed by atoms with Crippen molar-refractivity contribution in [1.82, 2.24) is 15.5 Å². The molecule has 0 aromatic heterocycles. The fourth-order valence-corrected chi connectivity index (χ4v) is 2.78. The van der Waals surface area contributed by atoms with Crippen molar-refractivity contribution < 1.29 is 9.47 Å². The number of methoxy groups -OCH3 is 1. The standard InChI is InChI=1S/C20H32N4O2/c1-4-14-26-19-8-6-5-7-17(19)16-23-20(21-2)22-11-12-24(13-15-25-3)18-9-10-18/h4-8,18H,1,9-16H2,2-3H3,(H2,21,22,23). The molecule has 0 heterocycles. The second-order valence-electron chi connectivity index (χ2n) is 6.32. The number of guanidine groups is 1. The number of rotatable bonds is 12. The van der Waals surface area contributed by atoms with E-state index in [4.69, 9.17) is 9.47 Å². The summed E-state index contributed by atoms with van der Waals surface area (Å²) >= 11 is 0. The molecule has 0 saturated heterocycles. The van der Waals surface area contributed by atoms with Crippen molar-refractivity contribution in [3.05, 3.63) is 42.5 Å². The van der Waals surface area contributed by atoms with Crippen molar-refractivity contribution in [2.24, 2.45) is 4.99 Å². The van der Waals surface area contributed by atoms with Crippen molar-refractivity contribution >= 4 is 5.96 Å². The predicted octanol–water partition coefficient (Wildman–Crippen LogP) is 2.03. The topological polar surface area (TPSA) is 58.1 Å². The molecule has 0 amide bonds. The average molecular weight is 361 g/mol. The molecule has 1 aromatic rings. The molecule has 1 saturated carbocycles. The molecule has 2 rings (SSSR count). The third-order valence-electron chi connectivity index (χ3n) is 4.34. The van der Waals surface area contributed by atoms with Gasteiger partial charge in [-0.2, -0.15) is 0 Å². The van der Waals surface area contributed by atoms with Gasteiger partial charge < -0.3 is 20.1 Å². The number of nitrogens with zero attached hydrogens (tertiary/aromatic N) is 2. The monoisotopic (exact) mass is 360 g/mol. The lowest BCUT2D eigenvalue weighted by molar-refractivity contribution is 0.144. The van der Waals surface area contributed by atoms with E-state index in [1.807, 2.05) is 18.2 Å². The maximum absolute atomic E-state index is 5.70. The molecule has 0 atom stereocenters. The summed E-state index contributed by atoms with van der Waals surface area (Å²) in [7, 11) is 3.55. The van der Waals surface area contributed by atoms with Gasteiger partial charge in [-0.3, -0.25) is 9.89 Å². The van der Waals surface area contributed by atoms with Crippen LogP contribution in [0.2, 0.25) is 0 Å². The molecule has 6 nitrogen and oxygen atoms in total. The van der Waals surface area contributed by atoms with Gasteiger partial charge in [0, 0.05) is 51.9 Å². The lowest BCUT2D eigenvalue weighted by atomic mass is 10.2. The number of hydrogen-bond acceptors (Lipinski definition) is 4. The lowest BCUT2D eigenvalue weighted by Gasteiger charge is -2.22. The maximum atomic E-state index is 5.70. The van der Waals surface area contributed by atoms with Gasteiger partial charge in [0.15, 0.2) is 5.96 Å². The molecule has 144 valence electrons. The molecule has 0 aliphatic heterocycles. The van der Waals surface area contributed by atoms with E-state index in [0.717, 1.165) is 49.6 Å². The van der Waals surface area contributed by atoms with Gasteiger partial charge in [-0.15, -0.1) is 0 Å². The molecule has 1 aromatic carbocycles. The van der Waals surface area contributed by atoms with Gasteiger partial charge in [0.2, 0.25) is 0 Å². The molecule has 0 radical (unpaired) electrons. The van der Waals surface area contributed by atoms with Crippen LogP contribution >= 0.6 is 0 Å². The number of ether oxygens (including phenoxy) is 2. The normalized spacial score (nSPS) is 14.3. The highest BCUT2D eigenvalue weighted by Crippen LogP contribution is 2.26. The van der Waals surface area contributed by atoms with Gasteiger partial charge >= 0.3 is 0 Å². The molecular formula is C20H32N4O2. The highest BCUT2D eigenvalue weighted by Gasteiger charge is 2.28. The molecule has 0 spiro atoms. The Labute approximate surface area is 157 Å². The zero-order valence-corrected chi connectivity index (χ0v) is 16.0. The number of hydrogen-bond donors (Lipinski definition) is 2. The fourth-order valence-electron chi connectivity index (χ4n) is 2.78. The van der Waals surface area contributed by atoms with Crippen molar-refractivity contribution in [3.8, 4) is 5.75 Å². The maximum Gasteiger partial charge on any atom is 0.191 e. The van der Waals surface area contributed by atoms with E-state index in [1.54, 1.807) is 20.2 Å². The Bertz CT molecular complexity index is 573. The number of para-hydroxylation sites is 1. The molecule has 6 heteroatoms. The molecule has 1 aliphatic carbocycles. The summed E-state index contributed by atoms with van der Waals surface area (Å²) in [6.07, 6.45) is 4.36. The van der Waals surface area contributed by atoms with E-state index in [1.165, 1.54) is 12.8 Å². The van der Waals surface area contributed by atoms with Crippen LogP contribution in [0.15, 0.2) is 41.9 Å². The summed E-state index contributed by atoms with van der Waals surface area (Å²) in [6, 6.07) is 8.74. The average Bonchev–Trinajstić information content (AvgIpc) is 3.51. The van der Waals surface area contributed by atoms with Gasteiger partial charge in [-0.05, 0) is 18.9 Å². The third-order valence-corrected chi connectivity index (χ3v) is 4.34. The van der Waals surface area contributed by atoms with E-state index in [9.17, 15) is 0 Å². The SMILES string of the molecule is C=CCOc1ccccc1CNC(=NC)NCCN(CCOC)C1CC1. The minimum absolute atomic E-state index is 0.502. The predicted molar refractivity (Wildman–Crippen MR) is 107 cm³/mol. The van der Waals surface area contributed by atoms with E-state index in [-0.39, 0.29) is 0 Å². The third kappa shape index (κ3) is 7.06. The summed E-state index contributed by atoms with van der Waals surface area (Å²) in [4.78, 5) is 6.80. The Kier molecular flexibility index (Phi) is 9.00. The van der Waals surface area contributed by atoms with Gasteiger partial charge in [0.1, 0.15) is 12.4 Å². The fraction of sp³-hybridized carbons (Fsp3) is 0.550. The Morgan fingerprint density at radius 3 is 2.81 bits per heavy atom. The van der Waals surface area contributed by atoms with E-state index < -0.39 is 0 Å². The van der Waals surface area contributed by atoms with Crippen molar-refractivity contribution in [2.75, 3.05) is 47.0 Å². The molecule has 2 N–H and O–H groups in total. The Hall–Kier alpha value is -2.05. The zero-order valence-electron chi connectivity index (χ0n) is 16.0. The van der Waals surface area contributed by atoms with Crippen LogP contribution in [0.5, 0.6) is 5.75 Å². The number of aliphatic imine (C=N–C) groups is 1. The van der Waals surface area contributed by atoms with E-state index in [2.05, 4.69) is 33.2 Å². The van der Waals surface area contributed by atoms with Crippen molar-refractivity contribution in [1.29, 1.82) is 0 Å². The van der Waals surface area contributed by atoms with Crippen LogP contribution in [-0.2, 0) is 11.3 Å². The summed E-state index contributed by atoms with van der Waals surface area (Å²) in [5, 5.41) is 6.75. The van der Waals surface area contributed by atoms with Gasteiger partial charge in [0.05, 0.1) is 6.61 Å². The second kappa shape index (κ2) is 11.5. The van der Waals surface area contributed by atoms with Crippen LogP contribution in [-0.4, -0.2) is 63.9 Å². The smallest absolute Gasteiger partial charge is 0.191 e. The first-order valence-corrected chi connectivity index (χ1v) is 9.27. The molecular weight excluding hydrogens is 328 g/mol. The second-order valence-corrected chi connectivity index (χ2v) is 6.32. The van der Waals surface area contributed by atoms with E-state index >= 15 is 0 Å². The highest BCUT2D eigenvalue weighted by molar-refractivity contribution is 5.79. The highest BCUT2D eigenvalue weighted by atomic mass is 16.5. The minimum Gasteiger partial charge on any atom is -0.489 e. The van der Waals surface area contributed by atoms with Crippen molar-refractivity contribution in [2.45, 2.75) is 25.4 Å². The zero-order chi connectivity index (χ0) is 18.6. The van der Waals surface area contributed by atoms with Crippen LogP contribution < -0.4 is 15.4 Å². The largest absolute Gasteiger partial charge is 0.489 e. The summed E-state index contributed by atoms with van der Waals surface area (Å²) in [5.41, 5.74) is 1.09. The quantitative estimate of drug-likeness (QED) is 0.339. The summed E-state index contributed by atoms with van der Waals surface area (Å²) in [5.74, 6) is 1.67. The molecule has 1 aliphatic rings. The number of nitrogens with one attached hydrogen (secondary N) is 2. The molecule has 26 heavy (non-hydrogen) atoms. The van der Waals surface area contributed by atoms with Gasteiger partial charge in [0.25, 0.3) is 0 Å². The Balaban J connectivity index is 1.76. The molecule has 0 bridgehead atoms. The molecule has 0 unspecified atom stereocenters. The van der Waals surface area contributed by atoms with Crippen molar-refractivity contribution in [3.63, 3.8) is 0 Å². The van der Waals surface area contributed by atoms with Crippen LogP contribution in [0.1, 0.15) is 18.4 Å². The van der Waals surface area contributed by atoms with Crippen LogP contribution in [0.3, 0.4) is 0 Å². The first-order valence-electron chi connectivity index (χ1n) is 9.27. The minimum atomic E-state index is 0.502. The van der Waals surface area contributed by atoms with Gasteiger partial charge in [-0.1, -0.05) is 30.9 Å². The summed E-state index contributed by atoms with van der Waals surface area (Å²) < 4.78 is 10.9. The summed E-state index contributed by atoms with van der Waals surface area (Å²) in [6.45, 7) is 8.47. The van der Waals surface area contributed by atoms with E-state index in [0.29, 0.717) is 13.2 Å². The van der Waals surface area contributed by atoms with Crippen LogP contribution in [0.25, 0.3) is 0 Å². The van der Waals surface area contributed by atoms with Crippen LogP contribution in [0, 0.1) is 0 Å².